The molecular weight excluding hydrogens is 601 g/mol. The third-order valence-corrected chi connectivity index (χ3v) is 10.8. The topological polar surface area (TPSA) is 16.1 Å². The molecule has 0 aliphatic heterocycles. The van der Waals surface area contributed by atoms with Gasteiger partial charge in [-0.1, -0.05) is 121 Å². The van der Waals surface area contributed by atoms with Crippen molar-refractivity contribution in [2.45, 2.75) is 0 Å². The molecule has 10 rings (SSSR count). The van der Waals surface area contributed by atoms with Crippen LogP contribution in [0.15, 0.2) is 170 Å². The van der Waals surface area contributed by atoms with E-state index in [0.717, 1.165) is 33.8 Å². The van der Waals surface area contributed by atoms with E-state index in [1.165, 1.54) is 57.9 Å². The number of thiophene rings is 1. The lowest BCUT2D eigenvalue weighted by molar-refractivity contribution is 1.29. The molecule has 2 nitrogen and oxygen atoms in total. The quantitative estimate of drug-likeness (QED) is 0.180. The van der Waals surface area contributed by atoms with Crippen molar-refractivity contribution < 1.29 is 0 Å². The Morgan fingerprint density at radius 1 is 0.417 bits per heavy atom. The molecular formula is C45H28N2S. The van der Waals surface area contributed by atoms with E-state index < -0.39 is 0 Å². The lowest BCUT2D eigenvalue weighted by atomic mass is 9.92. The first-order valence-corrected chi connectivity index (χ1v) is 17.1. The third kappa shape index (κ3) is 4.15. The van der Waals surface area contributed by atoms with Crippen molar-refractivity contribution in [3.05, 3.63) is 170 Å². The highest BCUT2D eigenvalue weighted by molar-refractivity contribution is 7.27. The van der Waals surface area contributed by atoms with Crippen molar-refractivity contribution in [1.82, 2.24) is 4.98 Å². The van der Waals surface area contributed by atoms with E-state index >= 15 is 0 Å². The fraction of sp³-hybridized carbons (Fsp3) is 0. The lowest BCUT2D eigenvalue weighted by Crippen LogP contribution is -2.09. The highest BCUT2D eigenvalue weighted by Gasteiger charge is 2.21. The molecule has 0 aliphatic carbocycles. The number of benzene rings is 8. The first-order valence-electron chi connectivity index (χ1n) is 16.3. The molecule has 3 heteroatoms. The van der Waals surface area contributed by atoms with Gasteiger partial charge in [0.05, 0.1) is 11.2 Å². The maximum absolute atomic E-state index is 5.40. The molecule has 0 aliphatic rings. The van der Waals surface area contributed by atoms with Crippen LogP contribution in [-0.4, -0.2) is 4.98 Å². The summed E-state index contributed by atoms with van der Waals surface area (Å²) in [5.74, 6) is 0. The molecule has 0 amide bonds. The van der Waals surface area contributed by atoms with Crippen molar-refractivity contribution in [2.24, 2.45) is 0 Å². The van der Waals surface area contributed by atoms with E-state index in [2.05, 4.69) is 175 Å². The summed E-state index contributed by atoms with van der Waals surface area (Å²) in [6, 6.07) is 61.1. The molecule has 2 heterocycles. The molecule has 10 aromatic rings. The molecule has 0 fully saturated rings. The Labute approximate surface area is 281 Å². The summed E-state index contributed by atoms with van der Waals surface area (Å²) in [6.07, 6.45) is 0. The Balaban J connectivity index is 1.23. The summed E-state index contributed by atoms with van der Waals surface area (Å²) < 4.78 is 2.64. The van der Waals surface area contributed by atoms with Crippen molar-refractivity contribution >= 4 is 91.8 Å². The van der Waals surface area contributed by atoms with Gasteiger partial charge in [0.2, 0.25) is 0 Å². The van der Waals surface area contributed by atoms with Crippen LogP contribution >= 0.6 is 11.3 Å². The fourth-order valence-electron chi connectivity index (χ4n) is 7.44. The summed E-state index contributed by atoms with van der Waals surface area (Å²) in [7, 11) is 0. The normalized spacial score (nSPS) is 11.8. The first kappa shape index (κ1) is 27.1. The van der Waals surface area contributed by atoms with Crippen LogP contribution in [0.4, 0.5) is 17.1 Å². The molecule has 0 saturated carbocycles. The van der Waals surface area contributed by atoms with Crippen LogP contribution in [0.5, 0.6) is 0 Å². The Morgan fingerprint density at radius 2 is 1.02 bits per heavy atom. The first-order chi connectivity index (χ1) is 23.8. The number of hydrogen-bond acceptors (Lipinski definition) is 3. The molecule has 2 aromatic heterocycles. The van der Waals surface area contributed by atoms with Gasteiger partial charge in [-0.05, 0) is 70.1 Å². The Hall–Kier alpha value is -6.03. The maximum atomic E-state index is 5.40. The predicted octanol–water partition coefficient (Wildman–Crippen LogP) is 13.2. The van der Waals surface area contributed by atoms with Gasteiger partial charge < -0.3 is 4.90 Å². The van der Waals surface area contributed by atoms with Crippen LogP contribution in [0, 0.1) is 0 Å². The number of para-hydroxylation sites is 2. The molecule has 0 N–H and O–H groups in total. The van der Waals surface area contributed by atoms with Gasteiger partial charge >= 0.3 is 0 Å². The number of fused-ring (bicyclic) bond motifs is 11. The van der Waals surface area contributed by atoms with Crippen molar-refractivity contribution in [3.63, 3.8) is 0 Å². The van der Waals surface area contributed by atoms with Crippen molar-refractivity contribution in [3.8, 4) is 11.3 Å². The van der Waals surface area contributed by atoms with Crippen LogP contribution in [0.3, 0.4) is 0 Å². The van der Waals surface area contributed by atoms with Gasteiger partial charge in [-0.3, -0.25) is 0 Å². The van der Waals surface area contributed by atoms with Gasteiger partial charge in [0, 0.05) is 59.0 Å². The lowest BCUT2D eigenvalue weighted by Gasteiger charge is -2.26. The summed E-state index contributed by atoms with van der Waals surface area (Å²) in [5, 5.41) is 11.3. The van der Waals surface area contributed by atoms with Gasteiger partial charge in [-0.15, -0.1) is 11.3 Å². The Kier molecular flexibility index (Phi) is 6.08. The van der Waals surface area contributed by atoms with Crippen LogP contribution in [0.25, 0.3) is 74.6 Å². The smallest absolute Gasteiger partial charge is 0.0794 e. The minimum absolute atomic E-state index is 1.01. The molecule has 0 bridgehead atoms. The van der Waals surface area contributed by atoms with Gasteiger partial charge in [-0.25, -0.2) is 4.98 Å². The van der Waals surface area contributed by atoms with Crippen molar-refractivity contribution in [2.75, 3.05) is 4.90 Å². The zero-order chi connectivity index (χ0) is 31.6. The molecule has 8 aromatic carbocycles. The van der Waals surface area contributed by atoms with E-state index in [9.17, 15) is 0 Å². The van der Waals surface area contributed by atoms with Gasteiger partial charge in [0.1, 0.15) is 0 Å². The van der Waals surface area contributed by atoms with Gasteiger partial charge in [0.15, 0.2) is 0 Å². The van der Waals surface area contributed by atoms with Crippen LogP contribution in [0.2, 0.25) is 0 Å². The van der Waals surface area contributed by atoms with E-state index in [0.29, 0.717) is 0 Å². The largest absolute Gasteiger partial charge is 0.310 e. The van der Waals surface area contributed by atoms with E-state index in [4.69, 9.17) is 4.98 Å². The van der Waals surface area contributed by atoms with E-state index in [1.54, 1.807) is 0 Å². The van der Waals surface area contributed by atoms with Crippen LogP contribution in [-0.2, 0) is 0 Å². The van der Waals surface area contributed by atoms with Gasteiger partial charge in [0.25, 0.3) is 0 Å². The Bertz CT molecular complexity index is 2830. The molecule has 0 atom stereocenters. The highest BCUT2D eigenvalue weighted by Crippen LogP contribution is 2.48. The average molecular weight is 629 g/mol. The second kappa shape index (κ2) is 10.8. The zero-order valence-corrected chi connectivity index (χ0v) is 26.8. The summed E-state index contributed by atoms with van der Waals surface area (Å²) >= 11 is 1.89. The number of hydrogen-bond donors (Lipinski definition) is 0. The number of pyridine rings is 1. The molecule has 0 radical (unpaired) electrons. The average Bonchev–Trinajstić information content (AvgIpc) is 3.55. The zero-order valence-electron chi connectivity index (χ0n) is 26.0. The standard InChI is InChI=1S/C45H28N2S/c1-2-14-32(15-3-1)47(34-27-22-29-12-4-5-13-31(29)28-34)33-25-23-30(24-26-33)44-42-36-17-7-6-16-35(36)41-38-19-9-11-21-40(38)48-45(41)43(42)37-18-8-10-20-39(37)46-44/h1-28H. The number of aromatic nitrogens is 1. The second-order valence-electron chi connectivity index (χ2n) is 12.3. The molecule has 224 valence electrons. The second-order valence-corrected chi connectivity index (χ2v) is 13.4. The van der Waals surface area contributed by atoms with Crippen LogP contribution in [0.1, 0.15) is 0 Å². The SMILES string of the molecule is c1ccc(N(c2ccc(-c3nc4ccccc4c4c5sc6ccccc6c5c5ccccc5c34)cc2)c2ccc3ccccc3c2)cc1. The summed E-state index contributed by atoms with van der Waals surface area (Å²) in [4.78, 5) is 7.73. The van der Waals surface area contributed by atoms with E-state index in [-0.39, 0.29) is 0 Å². The fourth-order valence-corrected chi connectivity index (χ4v) is 8.72. The molecule has 0 saturated heterocycles. The predicted molar refractivity (Wildman–Crippen MR) is 207 cm³/mol. The monoisotopic (exact) mass is 628 g/mol. The minimum atomic E-state index is 1.01. The van der Waals surface area contributed by atoms with E-state index in [1.807, 2.05) is 11.3 Å². The highest BCUT2D eigenvalue weighted by atomic mass is 32.1. The number of rotatable bonds is 4. The minimum Gasteiger partial charge on any atom is -0.310 e. The molecule has 0 unspecified atom stereocenters. The third-order valence-electron chi connectivity index (χ3n) is 9.59. The summed E-state index contributed by atoms with van der Waals surface area (Å²) in [5.41, 5.74) is 6.48. The van der Waals surface area contributed by atoms with Crippen LogP contribution < -0.4 is 4.90 Å². The van der Waals surface area contributed by atoms with Crippen molar-refractivity contribution in [1.29, 1.82) is 0 Å². The number of nitrogens with zero attached hydrogens (tertiary/aromatic N) is 2. The Morgan fingerprint density at radius 3 is 1.83 bits per heavy atom. The van der Waals surface area contributed by atoms with Gasteiger partial charge in [-0.2, -0.15) is 0 Å². The summed E-state index contributed by atoms with van der Waals surface area (Å²) in [6.45, 7) is 0. The molecule has 0 spiro atoms. The molecule has 48 heavy (non-hydrogen) atoms. The maximum Gasteiger partial charge on any atom is 0.0794 e. The number of anilines is 3.